The molecule has 0 radical (unpaired) electrons. The Morgan fingerprint density at radius 2 is 1.97 bits per heavy atom. The summed E-state index contributed by atoms with van der Waals surface area (Å²) in [6.45, 7) is 5.62. The normalized spacial score (nSPS) is 12.3. The van der Waals surface area contributed by atoms with Crippen LogP contribution in [0.4, 0.5) is 9.52 Å². The first kappa shape index (κ1) is 19.5. The number of hydrogen-bond acceptors (Lipinski definition) is 7. The Balaban J connectivity index is 1.43. The number of thiazole rings is 1. The van der Waals surface area contributed by atoms with Gasteiger partial charge in [-0.05, 0) is 51.1 Å². The SMILES string of the molecule is Cc1cc(C)n2nc(SC(C)C(=O)Nc3nc(-c4ccc(F)cc4)cs3)nc2n1. The topological polar surface area (TPSA) is 85.1 Å². The first-order chi connectivity index (χ1) is 13.9. The van der Waals surface area contributed by atoms with Gasteiger partial charge in [-0.15, -0.1) is 16.4 Å². The fourth-order valence-corrected chi connectivity index (χ4v) is 4.17. The fourth-order valence-electron chi connectivity index (χ4n) is 2.70. The van der Waals surface area contributed by atoms with Crippen LogP contribution in [0.1, 0.15) is 18.3 Å². The molecule has 3 aromatic heterocycles. The molecule has 1 unspecified atom stereocenters. The van der Waals surface area contributed by atoms with Crippen molar-refractivity contribution in [3.63, 3.8) is 0 Å². The van der Waals surface area contributed by atoms with Crippen molar-refractivity contribution in [3.05, 3.63) is 52.9 Å². The van der Waals surface area contributed by atoms with E-state index >= 15 is 0 Å². The van der Waals surface area contributed by atoms with Crippen LogP contribution < -0.4 is 5.32 Å². The van der Waals surface area contributed by atoms with Crippen molar-refractivity contribution in [1.29, 1.82) is 0 Å². The molecule has 148 valence electrons. The van der Waals surface area contributed by atoms with Gasteiger partial charge in [0.2, 0.25) is 11.1 Å². The summed E-state index contributed by atoms with van der Waals surface area (Å²) in [7, 11) is 0. The second kappa shape index (κ2) is 7.88. The van der Waals surface area contributed by atoms with E-state index in [0.717, 1.165) is 17.0 Å². The van der Waals surface area contributed by atoms with Crippen molar-refractivity contribution >= 4 is 39.9 Å². The van der Waals surface area contributed by atoms with Crippen molar-refractivity contribution in [1.82, 2.24) is 24.6 Å². The van der Waals surface area contributed by atoms with Crippen molar-refractivity contribution in [2.45, 2.75) is 31.2 Å². The predicted molar refractivity (Wildman–Crippen MR) is 112 cm³/mol. The summed E-state index contributed by atoms with van der Waals surface area (Å²) in [5.41, 5.74) is 3.27. The number of anilines is 1. The van der Waals surface area contributed by atoms with Crippen LogP contribution in [0.15, 0.2) is 40.9 Å². The number of fused-ring (bicyclic) bond motifs is 1. The van der Waals surface area contributed by atoms with E-state index in [9.17, 15) is 9.18 Å². The Morgan fingerprint density at radius 3 is 2.72 bits per heavy atom. The van der Waals surface area contributed by atoms with Crippen molar-refractivity contribution in [2.75, 3.05) is 5.32 Å². The molecule has 0 bridgehead atoms. The quantitative estimate of drug-likeness (QED) is 0.481. The van der Waals surface area contributed by atoms with E-state index in [4.69, 9.17) is 0 Å². The molecule has 4 aromatic rings. The summed E-state index contributed by atoms with van der Waals surface area (Å²) in [4.78, 5) is 25.7. The fraction of sp³-hybridized carbons (Fsp3) is 0.211. The third-order valence-corrected chi connectivity index (χ3v) is 5.83. The number of nitrogens with zero attached hydrogens (tertiary/aromatic N) is 5. The molecule has 1 amide bonds. The molecular formula is C19H17FN6OS2. The molecule has 4 rings (SSSR count). The van der Waals surface area contributed by atoms with E-state index in [1.807, 2.05) is 25.3 Å². The molecule has 0 saturated heterocycles. The lowest BCUT2D eigenvalue weighted by molar-refractivity contribution is -0.115. The summed E-state index contributed by atoms with van der Waals surface area (Å²) in [5.74, 6) is 0.0145. The maximum absolute atomic E-state index is 13.1. The first-order valence-electron chi connectivity index (χ1n) is 8.79. The maximum Gasteiger partial charge on any atom is 0.253 e. The zero-order valence-electron chi connectivity index (χ0n) is 15.9. The summed E-state index contributed by atoms with van der Waals surface area (Å²) < 4.78 is 14.7. The lowest BCUT2D eigenvalue weighted by atomic mass is 10.2. The Morgan fingerprint density at radius 1 is 1.21 bits per heavy atom. The Kier molecular flexibility index (Phi) is 5.29. The molecule has 0 aliphatic carbocycles. The number of thioether (sulfide) groups is 1. The number of amides is 1. The summed E-state index contributed by atoms with van der Waals surface area (Å²) in [5, 5.41) is 9.60. The highest BCUT2D eigenvalue weighted by Crippen LogP contribution is 2.27. The zero-order chi connectivity index (χ0) is 20.5. The van der Waals surface area contributed by atoms with E-state index in [0.29, 0.717) is 21.8 Å². The van der Waals surface area contributed by atoms with E-state index in [-0.39, 0.29) is 11.7 Å². The van der Waals surface area contributed by atoms with Crippen LogP contribution in [-0.4, -0.2) is 35.7 Å². The van der Waals surface area contributed by atoms with Gasteiger partial charge >= 0.3 is 0 Å². The average molecular weight is 429 g/mol. The molecule has 1 aromatic carbocycles. The molecule has 1 atom stereocenters. The summed E-state index contributed by atoms with van der Waals surface area (Å²) in [6.07, 6.45) is 0. The summed E-state index contributed by atoms with van der Waals surface area (Å²) >= 11 is 2.57. The molecule has 0 fully saturated rings. The van der Waals surface area contributed by atoms with Gasteiger partial charge in [-0.3, -0.25) is 4.79 Å². The molecule has 0 spiro atoms. The van der Waals surface area contributed by atoms with E-state index < -0.39 is 5.25 Å². The number of aryl methyl sites for hydroxylation is 2. The monoisotopic (exact) mass is 428 g/mol. The van der Waals surface area contributed by atoms with Crippen LogP contribution in [-0.2, 0) is 4.79 Å². The van der Waals surface area contributed by atoms with Crippen molar-refractivity contribution in [3.8, 4) is 11.3 Å². The number of carbonyl (C=O) groups excluding carboxylic acids is 1. The molecule has 10 heteroatoms. The molecule has 7 nitrogen and oxygen atoms in total. The van der Waals surface area contributed by atoms with Crippen LogP contribution in [0.5, 0.6) is 0 Å². The summed E-state index contributed by atoms with van der Waals surface area (Å²) in [6, 6.07) is 7.99. The van der Waals surface area contributed by atoms with Gasteiger partial charge in [-0.1, -0.05) is 11.8 Å². The third kappa shape index (κ3) is 4.28. The van der Waals surface area contributed by atoms with Crippen molar-refractivity contribution in [2.24, 2.45) is 0 Å². The van der Waals surface area contributed by atoms with Gasteiger partial charge in [0.1, 0.15) is 5.82 Å². The average Bonchev–Trinajstić information content (AvgIpc) is 3.29. The number of aromatic nitrogens is 5. The standard InChI is InChI=1S/C19H17FN6OS2/c1-10-8-11(2)26-17(21-10)24-19(25-26)29-12(3)16(27)23-18-22-15(9-28-18)13-4-6-14(20)7-5-13/h4-9,12H,1-3H3,(H,22,23,27). The number of carbonyl (C=O) groups is 1. The number of rotatable bonds is 5. The Bertz CT molecular complexity index is 1190. The Hall–Kier alpha value is -2.85. The molecule has 1 N–H and O–H groups in total. The number of hydrogen-bond donors (Lipinski definition) is 1. The van der Waals surface area contributed by atoms with E-state index in [2.05, 4.69) is 25.4 Å². The number of halogens is 1. The second-order valence-corrected chi connectivity index (χ2v) is 8.61. The zero-order valence-corrected chi connectivity index (χ0v) is 17.5. The highest BCUT2D eigenvalue weighted by molar-refractivity contribution is 8.00. The maximum atomic E-state index is 13.1. The minimum atomic E-state index is -0.424. The van der Waals surface area contributed by atoms with Gasteiger partial charge < -0.3 is 5.32 Å². The third-order valence-electron chi connectivity index (χ3n) is 4.12. The highest BCUT2D eigenvalue weighted by Gasteiger charge is 2.19. The molecule has 0 aliphatic rings. The van der Waals surface area contributed by atoms with Crippen LogP contribution in [0.25, 0.3) is 17.0 Å². The lowest BCUT2D eigenvalue weighted by Gasteiger charge is -2.07. The highest BCUT2D eigenvalue weighted by atomic mass is 32.2. The smallest absolute Gasteiger partial charge is 0.253 e. The van der Waals surface area contributed by atoms with Gasteiger partial charge in [0.25, 0.3) is 5.78 Å². The molecular weight excluding hydrogens is 411 g/mol. The minimum absolute atomic E-state index is 0.199. The predicted octanol–water partition coefficient (Wildman–Crippen LogP) is 4.12. The van der Waals surface area contributed by atoms with Gasteiger partial charge in [-0.2, -0.15) is 4.98 Å². The van der Waals surface area contributed by atoms with Gasteiger partial charge in [0.15, 0.2) is 5.13 Å². The van der Waals surface area contributed by atoms with Crippen LogP contribution in [0.2, 0.25) is 0 Å². The molecule has 0 saturated carbocycles. The number of nitrogens with one attached hydrogen (secondary N) is 1. The molecule has 29 heavy (non-hydrogen) atoms. The second-order valence-electron chi connectivity index (χ2n) is 6.44. The van der Waals surface area contributed by atoms with Gasteiger partial charge in [-0.25, -0.2) is 18.9 Å². The van der Waals surface area contributed by atoms with E-state index in [1.165, 1.54) is 35.2 Å². The van der Waals surface area contributed by atoms with Gasteiger partial charge in [0, 0.05) is 22.3 Å². The largest absolute Gasteiger partial charge is 0.301 e. The minimum Gasteiger partial charge on any atom is -0.301 e. The van der Waals surface area contributed by atoms with Crippen LogP contribution in [0, 0.1) is 19.7 Å². The first-order valence-corrected chi connectivity index (χ1v) is 10.5. The van der Waals surface area contributed by atoms with E-state index in [1.54, 1.807) is 23.6 Å². The Labute approximate surface area is 174 Å². The van der Waals surface area contributed by atoms with Crippen molar-refractivity contribution < 1.29 is 9.18 Å². The molecule has 3 heterocycles. The van der Waals surface area contributed by atoms with Gasteiger partial charge in [0.05, 0.1) is 10.9 Å². The lowest BCUT2D eigenvalue weighted by Crippen LogP contribution is -2.22. The molecule has 0 aliphatic heterocycles. The number of benzene rings is 1. The van der Waals surface area contributed by atoms with Crippen LogP contribution in [0.3, 0.4) is 0 Å². The van der Waals surface area contributed by atoms with Crippen LogP contribution >= 0.6 is 23.1 Å².